The second kappa shape index (κ2) is 5.41. The number of nitrogens with zero attached hydrogens (tertiary/aromatic N) is 3. The molecule has 1 aromatic carbocycles. The third-order valence-corrected chi connectivity index (χ3v) is 3.15. The number of carbonyl (C=O) groups excluding carboxylic acids is 1. The lowest BCUT2D eigenvalue weighted by molar-refractivity contribution is -0.124. The summed E-state index contributed by atoms with van der Waals surface area (Å²) in [6.07, 6.45) is 0.151. The van der Waals surface area contributed by atoms with E-state index in [1.54, 1.807) is 12.1 Å². The summed E-state index contributed by atoms with van der Waals surface area (Å²) >= 11 is 0. The maximum atomic E-state index is 11.9. The minimum absolute atomic E-state index is 0.0399. The van der Waals surface area contributed by atoms with Gasteiger partial charge >= 0.3 is 0 Å². The van der Waals surface area contributed by atoms with Crippen molar-refractivity contribution >= 4 is 11.6 Å². The van der Waals surface area contributed by atoms with Crippen LogP contribution in [-0.4, -0.2) is 24.5 Å². The molecule has 0 radical (unpaired) electrons. The van der Waals surface area contributed by atoms with Crippen molar-refractivity contribution in [2.75, 3.05) is 11.4 Å². The number of nitriles is 2. The molecule has 5 heteroatoms. The summed E-state index contributed by atoms with van der Waals surface area (Å²) in [4.78, 5) is 13.9. The van der Waals surface area contributed by atoms with Crippen LogP contribution in [-0.2, 0) is 4.79 Å². The number of hydrogen-bond acceptors (Lipinski definition) is 4. The molecule has 0 aromatic heterocycles. The first kappa shape index (κ1) is 12.9. The fraction of sp³-hybridized carbons (Fsp3) is 0.357. The predicted molar refractivity (Wildman–Crippen MR) is 70.1 cm³/mol. The van der Waals surface area contributed by atoms with Crippen molar-refractivity contribution < 1.29 is 4.79 Å². The molecule has 1 saturated heterocycles. The van der Waals surface area contributed by atoms with Gasteiger partial charge in [-0.3, -0.25) is 4.79 Å². The molecular weight excluding hydrogens is 240 g/mol. The van der Waals surface area contributed by atoms with Crippen LogP contribution >= 0.6 is 0 Å². The number of hydrogen-bond donors (Lipinski definition) is 1. The zero-order valence-corrected chi connectivity index (χ0v) is 10.6. The minimum atomic E-state index is -0.464. The summed E-state index contributed by atoms with van der Waals surface area (Å²) < 4.78 is 0. The fourth-order valence-corrected chi connectivity index (χ4v) is 2.25. The lowest BCUT2D eigenvalue weighted by atomic mass is 10.0. The van der Waals surface area contributed by atoms with E-state index in [2.05, 4.69) is 17.5 Å². The highest BCUT2D eigenvalue weighted by Gasteiger charge is 2.32. The number of benzene rings is 1. The van der Waals surface area contributed by atoms with Gasteiger partial charge in [-0.1, -0.05) is 0 Å². The Morgan fingerprint density at radius 2 is 2.05 bits per heavy atom. The molecule has 0 spiro atoms. The summed E-state index contributed by atoms with van der Waals surface area (Å²) in [5.74, 6) is -0.121. The first-order valence-corrected chi connectivity index (χ1v) is 6.10. The molecule has 2 atom stereocenters. The van der Waals surface area contributed by atoms with Gasteiger partial charge in [-0.2, -0.15) is 10.5 Å². The molecule has 1 aromatic rings. The molecule has 2 rings (SSSR count). The van der Waals surface area contributed by atoms with Crippen molar-refractivity contribution in [3.05, 3.63) is 29.8 Å². The van der Waals surface area contributed by atoms with Gasteiger partial charge in [-0.25, -0.2) is 0 Å². The van der Waals surface area contributed by atoms with E-state index in [1.165, 1.54) is 0 Å². The SMILES string of the molecule is CC1CN(c2ccc(C#N)cc2)C(CC#N)C(=O)N1. The minimum Gasteiger partial charge on any atom is -0.357 e. The van der Waals surface area contributed by atoms with E-state index in [9.17, 15) is 4.79 Å². The van der Waals surface area contributed by atoms with Crippen molar-refractivity contribution in [1.82, 2.24) is 5.32 Å². The number of nitrogens with one attached hydrogen (secondary N) is 1. The Balaban J connectivity index is 2.30. The molecule has 1 fully saturated rings. The molecule has 96 valence electrons. The maximum Gasteiger partial charge on any atom is 0.244 e. The molecule has 1 amide bonds. The van der Waals surface area contributed by atoms with E-state index in [-0.39, 0.29) is 18.4 Å². The van der Waals surface area contributed by atoms with Gasteiger partial charge in [0.05, 0.1) is 24.1 Å². The smallest absolute Gasteiger partial charge is 0.244 e. The molecule has 1 heterocycles. The van der Waals surface area contributed by atoms with Gasteiger partial charge in [0.25, 0.3) is 0 Å². The number of piperazine rings is 1. The van der Waals surface area contributed by atoms with Gasteiger partial charge in [0, 0.05) is 18.3 Å². The highest BCUT2D eigenvalue weighted by atomic mass is 16.2. The van der Waals surface area contributed by atoms with Crippen LogP contribution in [0.15, 0.2) is 24.3 Å². The van der Waals surface area contributed by atoms with Crippen LogP contribution in [0, 0.1) is 22.7 Å². The van der Waals surface area contributed by atoms with Crippen LogP contribution in [0.4, 0.5) is 5.69 Å². The van der Waals surface area contributed by atoms with Crippen molar-refractivity contribution in [2.45, 2.75) is 25.4 Å². The van der Waals surface area contributed by atoms with E-state index in [1.807, 2.05) is 24.0 Å². The van der Waals surface area contributed by atoms with E-state index in [0.717, 1.165) is 5.69 Å². The van der Waals surface area contributed by atoms with Crippen molar-refractivity contribution in [1.29, 1.82) is 10.5 Å². The van der Waals surface area contributed by atoms with Crippen LogP contribution in [0.2, 0.25) is 0 Å². The highest BCUT2D eigenvalue weighted by molar-refractivity contribution is 5.87. The van der Waals surface area contributed by atoms with Crippen LogP contribution in [0.5, 0.6) is 0 Å². The number of carbonyl (C=O) groups is 1. The Morgan fingerprint density at radius 3 is 2.63 bits per heavy atom. The van der Waals surface area contributed by atoms with Crippen molar-refractivity contribution in [3.8, 4) is 12.1 Å². The summed E-state index contributed by atoms with van der Waals surface area (Å²) in [5.41, 5.74) is 1.44. The highest BCUT2D eigenvalue weighted by Crippen LogP contribution is 2.22. The Hall–Kier alpha value is -2.53. The molecule has 5 nitrogen and oxygen atoms in total. The lowest BCUT2D eigenvalue weighted by Gasteiger charge is -2.39. The molecular formula is C14H14N4O. The largest absolute Gasteiger partial charge is 0.357 e. The van der Waals surface area contributed by atoms with Gasteiger partial charge in [-0.05, 0) is 31.2 Å². The Labute approximate surface area is 112 Å². The Kier molecular flexibility index (Phi) is 3.68. The zero-order valence-electron chi connectivity index (χ0n) is 10.6. The number of anilines is 1. The molecule has 1 aliphatic heterocycles. The molecule has 1 N–H and O–H groups in total. The average molecular weight is 254 g/mol. The van der Waals surface area contributed by atoms with Gasteiger partial charge in [0.2, 0.25) is 5.91 Å². The van der Waals surface area contributed by atoms with Gasteiger partial charge in [0.1, 0.15) is 6.04 Å². The van der Waals surface area contributed by atoms with Crippen LogP contribution < -0.4 is 10.2 Å². The Bertz CT molecular complexity index is 552. The monoisotopic (exact) mass is 254 g/mol. The first-order chi connectivity index (χ1) is 9.15. The molecule has 2 unspecified atom stereocenters. The topological polar surface area (TPSA) is 79.9 Å². The van der Waals surface area contributed by atoms with Gasteiger partial charge in [0.15, 0.2) is 0 Å². The third-order valence-electron chi connectivity index (χ3n) is 3.15. The standard InChI is InChI=1S/C14H14N4O/c1-10-9-18(13(6-7-15)14(19)17-10)12-4-2-11(8-16)3-5-12/h2-5,10,13H,6,9H2,1H3,(H,17,19). The molecule has 1 aliphatic rings. The second-order valence-electron chi connectivity index (χ2n) is 4.60. The average Bonchev–Trinajstić information content (AvgIpc) is 2.42. The summed E-state index contributed by atoms with van der Waals surface area (Å²) in [6, 6.07) is 10.8. The van der Waals surface area contributed by atoms with Gasteiger partial charge < -0.3 is 10.2 Å². The van der Waals surface area contributed by atoms with E-state index < -0.39 is 6.04 Å². The molecule has 0 saturated carbocycles. The second-order valence-corrected chi connectivity index (χ2v) is 4.60. The van der Waals surface area contributed by atoms with Crippen molar-refractivity contribution in [2.24, 2.45) is 0 Å². The normalized spacial score (nSPS) is 22.3. The van der Waals surface area contributed by atoms with Crippen molar-refractivity contribution in [3.63, 3.8) is 0 Å². The summed E-state index contributed by atoms with van der Waals surface area (Å²) in [5, 5.41) is 20.5. The summed E-state index contributed by atoms with van der Waals surface area (Å²) in [6.45, 7) is 2.58. The van der Waals surface area contributed by atoms with Crippen LogP contribution in [0.3, 0.4) is 0 Å². The molecule has 0 aliphatic carbocycles. The maximum absolute atomic E-state index is 11.9. The van der Waals surface area contributed by atoms with Gasteiger partial charge in [-0.15, -0.1) is 0 Å². The summed E-state index contributed by atoms with van der Waals surface area (Å²) in [7, 11) is 0. The van der Waals surface area contributed by atoms with E-state index in [4.69, 9.17) is 10.5 Å². The fourth-order valence-electron chi connectivity index (χ4n) is 2.25. The predicted octanol–water partition coefficient (Wildman–Crippen LogP) is 1.17. The first-order valence-electron chi connectivity index (χ1n) is 6.10. The number of rotatable bonds is 2. The molecule has 19 heavy (non-hydrogen) atoms. The van der Waals surface area contributed by atoms with Crippen LogP contribution in [0.25, 0.3) is 0 Å². The van der Waals surface area contributed by atoms with E-state index >= 15 is 0 Å². The third kappa shape index (κ3) is 2.66. The number of amides is 1. The van der Waals surface area contributed by atoms with Crippen LogP contribution in [0.1, 0.15) is 18.9 Å². The quantitative estimate of drug-likeness (QED) is 0.859. The molecule has 0 bridgehead atoms. The lowest BCUT2D eigenvalue weighted by Crippen LogP contribution is -2.59. The van der Waals surface area contributed by atoms with E-state index in [0.29, 0.717) is 12.1 Å². The zero-order chi connectivity index (χ0) is 13.8. The Morgan fingerprint density at radius 1 is 1.37 bits per heavy atom.